The number of rotatable bonds is 2. The number of benzene rings is 1. The van der Waals surface area contributed by atoms with Crippen LogP contribution in [0.3, 0.4) is 0 Å². The molecule has 3 aromatic rings. The zero-order valence-electron chi connectivity index (χ0n) is 16.3. The van der Waals surface area contributed by atoms with Gasteiger partial charge in [0.1, 0.15) is 23.3 Å². The van der Waals surface area contributed by atoms with Crippen LogP contribution in [-0.2, 0) is 4.79 Å². The molecule has 0 saturated heterocycles. The number of aromatic nitrogens is 2. The molecule has 0 bridgehead atoms. The van der Waals surface area contributed by atoms with Crippen molar-refractivity contribution in [2.75, 3.05) is 5.32 Å². The van der Waals surface area contributed by atoms with Crippen LogP contribution in [0.15, 0.2) is 65.0 Å². The first-order valence-electron chi connectivity index (χ1n) is 9.67. The second kappa shape index (κ2) is 6.55. The van der Waals surface area contributed by atoms with Gasteiger partial charge in [0.25, 0.3) is 0 Å². The Hall–Kier alpha value is -3.48. The number of carbonyl (C=O) groups is 1. The minimum atomic E-state index is -0.290. The second-order valence-electron chi connectivity index (χ2n) is 8.23. The molecule has 0 radical (unpaired) electrons. The van der Waals surface area contributed by atoms with Gasteiger partial charge in [0.2, 0.25) is 0 Å². The predicted octanol–water partition coefficient (Wildman–Crippen LogP) is 1.91. The number of hydrogen-bond acceptors (Lipinski definition) is 6. The van der Waals surface area contributed by atoms with Crippen LogP contribution in [0.4, 0.5) is 6.01 Å². The number of pyridine rings is 1. The van der Waals surface area contributed by atoms with Gasteiger partial charge in [-0.2, -0.15) is 10.3 Å². The zero-order valence-corrected chi connectivity index (χ0v) is 16.3. The Morgan fingerprint density at radius 2 is 2.10 bits per heavy atom. The molecule has 3 N–H and O–H groups in total. The van der Waals surface area contributed by atoms with Crippen molar-refractivity contribution in [3.63, 3.8) is 0 Å². The van der Waals surface area contributed by atoms with E-state index in [4.69, 9.17) is 4.42 Å². The molecule has 1 aromatic carbocycles. The fourth-order valence-corrected chi connectivity index (χ4v) is 4.13. The quantitative estimate of drug-likeness (QED) is 0.621. The van der Waals surface area contributed by atoms with E-state index in [-0.39, 0.29) is 23.2 Å². The molecule has 29 heavy (non-hydrogen) atoms. The summed E-state index contributed by atoms with van der Waals surface area (Å²) < 4.78 is 5.79. The highest BCUT2D eigenvalue weighted by Crippen LogP contribution is 2.38. The van der Waals surface area contributed by atoms with Crippen LogP contribution in [0.2, 0.25) is 0 Å². The largest absolute Gasteiger partial charge is 0.412 e. The fraction of sp³-hybridized carbons (Fsp3) is 0.273. The van der Waals surface area contributed by atoms with Gasteiger partial charge in [0.15, 0.2) is 5.58 Å². The lowest BCUT2D eigenvalue weighted by atomic mass is 9.72. The highest BCUT2D eigenvalue weighted by molar-refractivity contribution is 5.94. The van der Waals surface area contributed by atoms with E-state index in [1.54, 1.807) is 12.4 Å². The molecule has 0 fully saturated rings. The van der Waals surface area contributed by atoms with Crippen molar-refractivity contribution in [3.05, 3.63) is 66.1 Å². The normalized spacial score (nSPS) is 23.0. The summed E-state index contributed by atoms with van der Waals surface area (Å²) in [4.78, 5) is 25.1. The number of nitrogens with zero attached hydrogens (tertiary/aromatic N) is 2. The number of para-hydroxylation sites is 2. The van der Waals surface area contributed by atoms with E-state index >= 15 is 0 Å². The second-order valence-corrected chi connectivity index (χ2v) is 8.23. The third-order valence-electron chi connectivity index (χ3n) is 5.33. The molecular formula is C22H22N5O2+. The molecule has 1 aliphatic carbocycles. The van der Waals surface area contributed by atoms with E-state index in [1.165, 1.54) is 0 Å². The highest BCUT2D eigenvalue weighted by atomic mass is 16.4. The Morgan fingerprint density at radius 1 is 1.24 bits per heavy atom. The van der Waals surface area contributed by atoms with E-state index in [0.717, 1.165) is 16.8 Å². The summed E-state index contributed by atoms with van der Waals surface area (Å²) in [5.41, 5.74) is 3.13. The first kappa shape index (κ1) is 17.6. The molecule has 3 heterocycles. The molecule has 0 unspecified atom stereocenters. The number of allylic oxidation sites excluding steroid dienone is 1. The van der Waals surface area contributed by atoms with Gasteiger partial charge in [-0.15, -0.1) is 0 Å². The van der Waals surface area contributed by atoms with Crippen molar-refractivity contribution in [1.82, 2.24) is 15.3 Å². The molecule has 1 aliphatic heterocycles. The van der Waals surface area contributed by atoms with Crippen LogP contribution in [-0.4, -0.2) is 21.7 Å². The van der Waals surface area contributed by atoms with Crippen molar-refractivity contribution in [2.45, 2.75) is 26.3 Å². The molecule has 0 amide bonds. The van der Waals surface area contributed by atoms with Crippen molar-refractivity contribution in [1.29, 1.82) is 0 Å². The Labute approximate surface area is 168 Å². The topological polar surface area (TPSA) is 94.0 Å². The number of ketones is 1. The van der Waals surface area contributed by atoms with Crippen LogP contribution in [0.25, 0.3) is 11.1 Å². The Kier molecular flexibility index (Phi) is 3.97. The van der Waals surface area contributed by atoms with Gasteiger partial charge >= 0.3 is 12.0 Å². The van der Waals surface area contributed by atoms with Gasteiger partial charge in [-0.3, -0.25) is 14.8 Å². The van der Waals surface area contributed by atoms with E-state index in [1.807, 2.05) is 36.4 Å². The third kappa shape index (κ3) is 3.29. The lowest BCUT2D eigenvalue weighted by Crippen LogP contribution is -2.84. The van der Waals surface area contributed by atoms with Gasteiger partial charge in [-0.05, 0) is 29.7 Å². The Balaban J connectivity index is 1.55. The predicted molar refractivity (Wildman–Crippen MR) is 109 cm³/mol. The smallest absolute Gasteiger partial charge is 0.365 e. The summed E-state index contributed by atoms with van der Waals surface area (Å²) in [5.74, 6) is 0.544. The highest BCUT2D eigenvalue weighted by Gasteiger charge is 2.45. The van der Waals surface area contributed by atoms with E-state index in [0.29, 0.717) is 24.0 Å². The molecule has 2 atom stereocenters. The lowest BCUT2D eigenvalue weighted by Gasteiger charge is -2.35. The van der Waals surface area contributed by atoms with E-state index in [2.05, 4.69) is 45.5 Å². The summed E-state index contributed by atoms with van der Waals surface area (Å²) in [5, 5.41) is 6.54. The molecule has 0 saturated carbocycles. The minimum absolute atomic E-state index is 0.199. The van der Waals surface area contributed by atoms with Crippen LogP contribution in [0.5, 0.6) is 0 Å². The zero-order chi connectivity index (χ0) is 20.0. The lowest BCUT2D eigenvalue weighted by molar-refractivity contribution is -0.522. The number of nitrogens with one attached hydrogen (secondary N) is 3. The van der Waals surface area contributed by atoms with Gasteiger partial charge in [0.05, 0.1) is 5.70 Å². The maximum atomic E-state index is 13.0. The number of hydrogen-bond donors (Lipinski definition) is 3. The Morgan fingerprint density at radius 3 is 2.90 bits per heavy atom. The third-order valence-corrected chi connectivity index (χ3v) is 5.33. The summed E-state index contributed by atoms with van der Waals surface area (Å²) in [6, 6.07) is 11.6. The van der Waals surface area contributed by atoms with Crippen molar-refractivity contribution < 1.29 is 14.2 Å². The number of oxazole rings is 1. The average Bonchev–Trinajstić information content (AvgIpc) is 3.09. The van der Waals surface area contributed by atoms with Crippen molar-refractivity contribution >= 4 is 28.9 Å². The maximum absolute atomic E-state index is 13.0. The van der Waals surface area contributed by atoms with E-state index < -0.39 is 0 Å². The SMILES string of the molecule is CC1(C)C=C2NC(Nc3nc4ccccc4o3)=[NH+][C@H](c3cccnc3)[C@H]2C(=O)C1. The number of guanidine groups is 1. The molecule has 146 valence electrons. The minimum Gasteiger partial charge on any atom is -0.412 e. The summed E-state index contributed by atoms with van der Waals surface area (Å²) >= 11 is 0. The number of Topliss-reactive ketones (excluding diaryl/α,β-unsaturated/α-hetero) is 1. The summed E-state index contributed by atoms with van der Waals surface area (Å²) in [6.45, 7) is 4.15. The van der Waals surface area contributed by atoms with E-state index in [9.17, 15) is 4.79 Å². The van der Waals surface area contributed by atoms with Gasteiger partial charge in [-0.1, -0.05) is 32.0 Å². The molecule has 7 heteroatoms. The van der Waals surface area contributed by atoms with Gasteiger partial charge in [0, 0.05) is 24.4 Å². The van der Waals surface area contributed by atoms with Gasteiger partial charge in [-0.25, -0.2) is 5.32 Å². The molecule has 0 spiro atoms. The van der Waals surface area contributed by atoms with Crippen LogP contribution in [0, 0.1) is 11.3 Å². The molecular weight excluding hydrogens is 366 g/mol. The monoisotopic (exact) mass is 388 g/mol. The molecule has 2 aliphatic rings. The maximum Gasteiger partial charge on any atom is 0.365 e. The molecule has 2 aromatic heterocycles. The van der Waals surface area contributed by atoms with Crippen LogP contribution >= 0.6 is 0 Å². The summed E-state index contributed by atoms with van der Waals surface area (Å²) in [6.07, 6.45) is 6.19. The number of fused-ring (bicyclic) bond motifs is 2. The molecule has 5 rings (SSSR count). The van der Waals surface area contributed by atoms with Crippen LogP contribution < -0.4 is 15.6 Å². The fourth-order valence-electron chi connectivity index (χ4n) is 4.13. The van der Waals surface area contributed by atoms with Crippen molar-refractivity contribution in [2.24, 2.45) is 11.3 Å². The van der Waals surface area contributed by atoms with Gasteiger partial charge < -0.3 is 4.42 Å². The van der Waals surface area contributed by atoms with Crippen molar-refractivity contribution in [3.8, 4) is 0 Å². The Bertz CT molecular complexity index is 1110. The summed E-state index contributed by atoms with van der Waals surface area (Å²) in [7, 11) is 0. The number of anilines is 1. The standard InChI is InChI=1S/C22H21N5O2/c1-22(2)10-15-18(16(28)11-22)19(13-6-5-9-23-12-13)26-20(24-15)27-21-25-14-7-3-4-8-17(14)29-21/h3-10,12,18-19H,11H2,1-2H3,(H2,24,25,26,27)/p+1/t18-,19-/m1/s1. The first-order chi connectivity index (χ1) is 14.0. The first-order valence-corrected chi connectivity index (χ1v) is 9.67. The molecule has 7 nitrogen and oxygen atoms in total. The average molecular weight is 388 g/mol. The number of carbonyl (C=O) groups excluding carboxylic acids is 1. The van der Waals surface area contributed by atoms with Crippen LogP contribution in [0.1, 0.15) is 31.9 Å².